The summed E-state index contributed by atoms with van der Waals surface area (Å²) in [5, 5.41) is 25.4. The van der Waals surface area contributed by atoms with Crippen molar-refractivity contribution in [3.8, 4) is 33.8 Å². The predicted octanol–water partition coefficient (Wildman–Crippen LogP) is 5.86. The number of carbonyl (C=O) groups excluding carboxylic acids is 2. The van der Waals surface area contributed by atoms with Gasteiger partial charge >= 0.3 is 12.1 Å². The number of aromatic nitrogens is 6. The molecule has 0 unspecified atom stereocenters. The quantitative estimate of drug-likeness (QED) is 0.0237. The maximum atomic E-state index is 13.6. The first-order chi connectivity index (χ1) is 36.3. The van der Waals surface area contributed by atoms with Gasteiger partial charge in [0.1, 0.15) is 43.0 Å². The Morgan fingerprint density at radius 3 is 2.20 bits per heavy atom. The molecule has 4 heterocycles. The van der Waals surface area contributed by atoms with Crippen LogP contribution in [-0.4, -0.2) is 126 Å². The monoisotopic (exact) mass is 1050 g/mol. The van der Waals surface area contributed by atoms with Gasteiger partial charge in [0, 0.05) is 86.4 Å². The summed E-state index contributed by atoms with van der Waals surface area (Å²) < 4.78 is 74.2. The van der Waals surface area contributed by atoms with E-state index in [1.807, 2.05) is 80.3 Å². The number of unbranched alkanes of at least 4 members (excludes halogenated alkanes) is 1. The summed E-state index contributed by atoms with van der Waals surface area (Å²) in [4.78, 5) is 60.9. The molecule has 4 N–H and O–H groups in total. The van der Waals surface area contributed by atoms with Crippen molar-refractivity contribution in [3.05, 3.63) is 129 Å². The van der Waals surface area contributed by atoms with Crippen LogP contribution in [0.15, 0.2) is 100 Å². The van der Waals surface area contributed by atoms with Crippen LogP contribution < -0.4 is 31.2 Å². The van der Waals surface area contributed by atoms with Crippen LogP contribution in [0, 0.1) is 5.82 Å². The van der Waals surface area contributed by atoms with Crippen LogP contribution in [-0.2, 0) is 32.1 Å². The number of carbonyl (C=O) groups is 3. The Bertz CT molecular complexity index is 3450. The van der Waals surface area contributed by atoms with E-state index in [1.165, 1.54) is 18.2 Å². The number of carboxylic acids is 2. The van der Waals surface area contributed by atoms with Gasteiger partial charge in [-0.1, -0.05) is 24.3 Å². The van der Waals surface area contributed by atoms with Crippen molar-refractivity contribution in [1.29, 1.82) is 0 Å². The van der Waals surface area contributed by atoms with E-state index in [0.717, 1.165) is 33.1 Å². The number of hydrogen-bond acceptors (Lipinski definition) is 14. The normalized spacial score (nSPS) is 11.5. The van der Waals surface area contributed by atoms with Gasteiger partial charge in [-0.2, -0.15) is 23.3 Å². The van der Waals surface area contributed by atoms with Gasteiger partial charge in [0.25, 0.3) is 5.56 Å². The lowest BCUT2D eigenvalue weighted by molar-refractivity contribution is -0.344. The van der Waals surface area contributed by atoms with E-state index >= 15 is 0 Å². The second kappa shape index (κ2) is 24.8. The molecule has 0 radical (unpaired) electrons. The largest absolute Gasteiger partial charge is 0.542 e. The van der Waals surface area contributed by atoms with Gasteiger partial charge in [-0.25, -0.2) is 18.7 Å². The maximum absolute atomic E-state index is 13.6. The third kappa shape index (κ3) is 13.9. The number of alkyl halides is 3. The minimum Gasteiger partial charge on any atom is -0.542 e. The Morgan fingerprint density at radius 1 is 0.868 bits per heavy atom. The molecule has 0 spiro atoms. The molecule has 23 heteroatoms. The number of nitrogen functional groups attached to an aromatic ring is 1. The second-order valence-electron chi connectivity index (χ2n) is 17.8. The van der Waals surface area contributed by atoms with Crippen LogP contribution in [0.5, 0.6) is 0 Å². The Hall–Kier alpha value is -8.28. The van der Waals surface area contributed by atoms with Crippen LogP contribution >= 0.6 is 0 Å². The Balaban J connectivity index is 0.00000112. The fraction of sp³-hybridized carbons (Fsp3) is 0.321. The number of aromatic amines is 1. The van der Waals surface area contributed by atoms with Crippen molar-refractivity contribution in [2.24, 2.45) is 0 Å². The van der Waals surface area contributed by atoms with E-state index in [1.54, 1.807) is 39.7 Å². The summed E-state index contributed by atoms with van der Waals surface area (Å²) in [5.74, 6) is -3.54. The van der Waals surface area contributed by atoms with Crippen LogP contribution in [0.25, 0.3) is 56.0 Å². The molecular weight excluding hydrogens is 999 g/mol. The zero-order valence-electron chi connectivity index (χ0n) is 42.0. The molecule has 0 atom stereocenters. The number of fused-ring (bicyclic) bond motifs is 3. The molecular formula is C53H55F4N9O10. The third-order valence-corrected chi connectivity index (χ3v) is 11.9. The number of aryl methyl sites for hydroxylation is 1. The highest BCUT2D eigenvalue weighted by Crippen LogP contribution is 2.42. The fourth-order valence-corrected chi connectivity index (χ4v) is 8.10. The molecule has 0 bridgehead atoms. The van der Waals surface area contributed by atoms with Gasteiger partial charge in [-0.3, -0.25) is 19.3 Å². The van der Waals surface area contributed by atoms with Gasteiger partial charge in [0.15, 0.2) is 16.9 Å². The van der Waals surface area contributed by atoms with Crippen LogP contribution in [0.2, 0.25) is 0 Å². The average Bonchev–Trinajstić information content (AvgIpc) is 4.00. The number of hydrogen-bond donors (Lipinski definition) is 3. The molecule has 2 aliphatic rings. The highest BCUT2D eigenvalue weighted by atomic mass is 19.4. The lowest BCUT2D eigenvalue weighted by Gasteiger charge is -2.19. The summed E-state index contributed by atoms with van der Waals surface area (Å²) in [5.41, 5.74) is 11.3. The molecule has 0 fully saturated rings. The standard InChI is InChI=1S/C51H54FN9O8.C2HF3O2/c1-58(2)36-14-17-39-43(27-36)69-44-28-37(59(3)4)15-18-40(44)45(39)38-16-11-33(26-41(38)50(64)65)42(62)8-5-6-20-66-22-24-68-25-23-67-21-7-19-60-31-34(29-54-60)47-55-46-48(56-51(53)57-49(46)63)61(47)30-32-9-12-35(52)13-10-32;3-2(4,5)1(6)7/h9-18,26-29,31H,5-8,19-25,30H2,1-4H3,(H3-,53,56,57,63,64,65);(H,6,7). The number of imidazole rings is 1. The van der Waals surface area contributed by atoms with E-state index in [2.05, 4.69) is 20.1 Å². The maximum Gasteiger partial charge on any atom is 0.430 e. The number of anilines is 2. The molecule has 3 aromatic heterocycles. The predicted molar refractivity (Wildman–Crippen MR) is 272 cm³/mol. The molecule has 0 saturated heterocycles. The van der Waals surface area contributed by atoms with E-state index in [9.17, 15) is 37.1 Å². The molecule has 8 rings (SSSR count). The van der Waals surface area contributed by atoms with E-state index in [0.29, 0.717) is 105 Å². The number of ketones is 1. The first-order valence-corrected chi connectivity index (χ1v) is 23.9. The van der Waals surface area contributed by atoms with E-state index in [4.69, 9.17) is 34.3 Å². The first-order valence-electron chi connectivity index (χ1n) is 23.9. The van der Waals surface area contributed by atoms with Gasteiger partial charge in [-0.05, 0) is 66.8 Å². The fourth-order valence-electron chi connectivity index (χ4n) is 8.10. The van der Waals surface area contributed by atoms with Crippen LogP contribution in [0.3, 0.4) is 0 Å². The number of nitrogens with one attached hydrogen (secondary N) is 1. The van der Waals surface area contributed by atoms with Crippen molar-refractivity contribution in [2.75, 3.05) is 78.5 Å². The van der Waals surface area contributed by atoms with Crippen molar-refractivity contribution >= 4 is 51.5 Å². The van der Waals surface area contributed by atoms with Crippen molar-refractivity contribution in [3.63, 3.8) is 0 Å². The number of carboxylic acid groups (broad SMARTS) is 2. The summed E-state index contributed by atoms with van der Waals surface area (Å²) in [6.45, 7) is 3.44. The number of H-pyrrole nitrogens is 1. The highest BCUT2D eigenvalue weighted by Gasteiger charge is 2.29. The van der Waals surface area contributed by atoms with Crippen LogP contribution in [0.4, 0.5) is 29.2 Å². The number of ether oxygens (including phenoxy) is 3. The summed E-state index contributed by atoms with van der Waals surface area (Å²) in [6.07, 6.45) is 0.505. The molecule has 1 aliphatic heterocycles. The molecule has 76 heavy (non-hydrogen) atoms. The van der Waals surface area contributed by atoms with Crippen LogP contribution in [0.1, 0.15) is 52.0 Å². The number of halogens is 4. The molecule has 19 nitrogen and oxygen atoms in total. The summed E-state index contributed by atoms with van der Waals surface area (Å²) >= 11 is 0. The van der Waals surface area contributed by atoms with Gasteiger partial charge in [0.05, 0.1) is 56.4 Å². The molecule has 0 amide bonds. The Kier molecular flexibility index (Phi) is 18.1. The molecule has 400 valence electrons. The topological polar surface area (TPSA) is 249 Å². The zero-order valence-corrected chi connectivity index (χ0v) is 42.0. The molecule has 1 aliphatic carbocycles. The smallest absolute Gasteiger partial charge is 0.430 e. The van der Waals surface area contributed by atoms with Gasteiger partial charge in [0.2, 0.25) is 11.3 Å². The highest BCUT2D eigenvalue weighted by molar-refractivity contribution is 6.09. The SMILES string of the molecule is CN(C)c1ccc2c(-c3ccc(C(=O)CCCCOCCOCCOCCCn4cc(-c5nc6c(=O)[nH]c(N)nc6n5Cc5ccc(F)cc5)cn4)cc3C(=O)O)c3ccc(=[N+](C)C)cc-3oc2c1.O=C([O-])C(F)(F)F. The minimum absolute atomic E-state index is 0.0319. The Morgan fingerprint density at radius 2 is 1.54 bits per heavy atom. The lowest BCUT2D eigenvalue weighted by atomic mass is 9.89. The zero-order chi connectivity index (χ0) is 54.7. The van der Waals surface area contributed by atoms with Gasteiger partial charge in [-0.15, -0.1) is 0 Å². The van der Waals surface area contributed by atoms with E-state index < -0.39 is 23.7 Å². The van der Waals surface area contributed by atoms with Crippen molar-refractivity contribution in [2.45, 2.75) is 44.9 Å². The Labute approximate surface area is 431 Å². The molecule has 0 saturated carbocycles. The van der Waals surface area contributed by atoms with Crippen molar-refractivity contribution < 1.29 is 60.8 Å². The number of aliphatic carboxylic acids is 1. The van der Waals surface area contributed by atoms with Gasteiger partial charge < -0.3 is 48.8 Å². The third-order valence-electron chi connectivity index (χ3n) is 11.9. The second-order valence-corrected chi connectivity index (χ2v) is 17.8. The first kappa shape index (κ1) is 55.5. The molecule has 6 aromatic rings. The number of Topliss-reactive ketones (excluding diaryl/α,β-unsaturated/α-hetero) is 1. The number of rotatable bonds is 22. The summed E-state index contributed by atoms with van der Waals surface area (Å²) in [6, 6.07) is 22.7. The minimum atomic E-state index is -5.19. The van der Waals surface area contributed by atoms with Crippen molar-refractivity contribution in [1.82, 2.24) is 33.9 Å². The number of nitrogens with two attached hydrogens (primary N) is 1. The number of aromatic carboxylic acids is 1. The van der Waals surface area contributed by atoms with E-state index in [-0.39, 0.29) is 41.6 Å². The number of nitrogens with zero attached hydrogens (tertiary/aromatic N) is 7. The average molecular weight is 1050 g/mol. The summed E-state index contributed by atoms with van der Waals surface area (Å²) in [7, 11) is 7.80. The molecule has 3 aromatic carbocycles. The number of benzene rings is 4. The lowest BCUT2D eigenvalue weighted by Crippen LogP contribution is -2.37.